The summed E-state index contributed by atoms with van der Waals surface area (Å²) < 4.78 is 56.9. The summed E-state index contributed by atoms with van der Waals surface area (Å²) in [6, 6.07) is 10.7. The van der Waals surface area contributed by atoms with Crippen molar-refractivity contribution in [2.75, 3.05) is 10.5 Å². The molecule has 1 heterocycles. The topological polar surface area (TPSA) is 144 Å². The molecule has 0 saturated heterocycles. The van der Waals surface area contributed by atoms with Crippen LogP contribution in [0, 0.1) is 6.92 Å². The van der Waals surface area contributed by atoms with Gasteiger partial charge in [0, 0.05) is 23.0 Å². The number of nitrogens with two attached hydrogens (primary N) is 1. The van der Waals surface area contributed by atoms with E-state index >= 15 is 0 Å². The second-order valence-corrected chi connectivity index (χ2v) is 10.6. The van der Waals surface area contributed by atoms with Crippen molar-refractivity contribution >= 4 is 37.3 Å². The zero-order valence-electron chi connectivity index (χ0n) is 16.5. The van der Waals surface area contributed by atoms with Gasteiger partial charge in [-0.15, -0.1) is 0 Å². The highest BCUT2D eigenvalue weighted by molar-refractivity contribution is 7.93. The van der Waals surface area contributed by atoms with E-state index in [0.29, 0.717) is 10.8 Å². The van der Waals surface area contributed by atoms with Crippen molar-refractivity contribution < 1.29 is 21.6 Å². The van der Waals surface area contributed by atoms with Gasteiger partial charge >= 0.3 is 0 Å². The van der Waals surface area contributed by atoms with Gasteiger partial charge in [0.15, 0.2) is 0 Å². The maximum Gasteiger partial charge on any atom is 0.240 e. The van der Waals surface area contributed by atoms with Gasteiger partial charge in [0.25, 0.3) is 0 Å². The lowest BCUT2D eigenvalue weighted by Crippen LogP contribution is -2.21. The van der Waals surface area contributed by atoms with Crippen LogP contribution in [0.5, 0.6) is 5.75 Å². The lowest BCUT2D eigenvalue weighted by Gasteiger charge is -2.13. The first-order valence-electron chi connectivity index (χ1n) is 9.07. The molecule has 0 saturated carbocycles. The quantitative estimate of drug-likeness (QED) is 0.425. The Morgan fingerprint density at radius 1 is 1.13 bits per heavy atom. The average molecular weight is 485 g/mol. The largest absolute Gasteiger partial charge is 0.486 e. The summed E-state index contributed by atoms with van der Waals surface area (Å²) in [6.45, 7) is 1.91. The number of aryl methyl sites for hydroxylation is 2. The number of anilines is 1. The van der Waals surface area contributed by atoms with Gasteiger partial charge in [-0.1, -0.05) is 23.7 Å². The van der Waals surface area contributed by atoms with Crippen LogP contribution in [-0.2, 0) is 33.1 Å². The normalized spacial score (nSPS) is 12.0. The zero-order valence-corrected chi connectivity index (χ0v) is 18.9. The Hall–Kier alpha value is -2.60. The van der Waals surface area contributed by atoms with Gasteiger partial charge in [-0.3, -0.25) is 4.72 Å². The molecule has 0 radical (unpaired) electrons. The molecule has 0 aliphatic rings. The second-order valence-electron chi connectivity index (χ2n) is 6.80. The standard InChI is InChI=1S/C19H21ClN4O5S2/c1-13-11-22-19(23-13)12-29-16-6-7-17(18(10-16)31(21,27)28)24-30(25,26)9-8-14-2-4-15(20)5-3-14/h2-7,10-11,24H,8-9,12H2,1H3,(H,22,23)(H2,21,27,28). The van der Waals surface area contributed by atoms with Crippen LogP contribution in [0.2, 0.25) is 5.02 Å². The molecule has 0 unspecified atom stereocenters. The monoisotopic (exact) mass is 484 g/mol. The highest BCUT2D eigenvalue weighted by atomic mass is 35.5. The number of halogens is 1. The molecule has 12 heteroatoms. The molecule has 0 bridgehead atoms. The Morgan fingerprint density at radius 3 is 2.45 bits per heavy atom. The molecule has 0 fully saturated rings. The molecule has 1 aromatic heterocycles. The van der Waals surface area contributed by atoms with Crippen LogP contribution in [-0.4, -0.2) is 32.6 Å². The van der Waals surface area contributed by atoms with Crippen molar-refractivity contribution in [1.82, 2.24) is 9.97 Å². The molecule has 0 spiro atoms. The van der Waals surface area contributed by atoms with E-state index < -0.39 is 24.9 Å². The minimum absolute atomic E-state index is 0.0735. The SMILES string of the molecule is Cc1cnc(COc2ccc(NS(=O)(=O)CCc3ccc(Cl)cc3)c(S(N)(=O)=O)c2)[nH]1. The van der Waals surface area contributed by atoms with E-state index in [0.717, 1.165) is 11.3 Å². The number of hydrogen-bond donors (Lipinski definition) is 3. The molecule has 166 valence electrons. The van der Waals surface area contributed by atoms with E-state index in [1.807, 2.05) is 6.92 Å². The molecule has 3 rings (SSSR count). The van der Waals surface area contributed by atoms with Crippen LogP contribution in [0.3, 0.4) is 0 Å². The summed E-state index contributed by atoms with van der Waals surface area (Å²) in [5, 5.41) is 5.83. The number of benzene rings is 2. The first-order valence-corrected chi connectivity index (χ1v) is 12.6. The fourth-order valence-electron chi connectivity index (χ4n) is 2.73. The highest BCUT2D eigenvalue weighted by Crippen LogP contribution is 2.27. The molecule has 3 aromatic rings. The molecule has 9 nitrogen and oxygen atoms in total. The summed E-state index contributed by atoms with van der Waals surface area (Å²) in [6.07, 6.45) is 1.86. The third-order valence-electron chi connectivity index (χ3n) is 4.23. The predicted molar refractivity (Wildman–Crippen MR) is 118 cm³/mol. The second kappa shape index (κ2) is 9.27. The van der Waals surface area contributed by atoms with E-state index in [2.05, 4.69) is 14.7 Å². The van der Waals surface area contributed by atoms with Crippen LogP contribution in [0.1, 0.15) is 17.1 Å². The Balaban J connectivity index is 1.75. The number of nitrogens with zero attached hydrogens (tertiary/aromatic N) is 1. The molecule has 0 aliphatic carbocycles. The smallest absolute Gasteiger partial charge is 0.240 e. The van der Waals surface area contributed by atoms with Crippen molar-refractivity contribution in [3.63, 3.8) is 0 Å². The minimum atomic E-state index is -4.22. The Kier molecular flexibility index (Phi) is 6.90. The summed E-state index contributed by atoms with van der Waals surface area (Å²) in [5.74, 6) is 0.498. The minimum Gasteiger partial charge on any atom is -0.486 e. The summed E-state index contributed by atoms with van der Waals surface area (Å²) in [7, 11) is -8.07. The van der Waals surface area contributed by atoms with E-state index in [1.54, 1.807) is 30.5 Å². The van der Waals surface area contributed by atoms with Gasteiger partial charge < -0.3 is 9.72 Å². The van der Waals surface area contributed by atoms with Crippen LogP contribution in [0.25, 0.3) is 0 Å². The number of H-pyrrole nitrogens is 1. The van der Waals surface area contributed by atoms with Gasteiger partial charge in [0.1, 0.15) is 23.1 Å². The number of imidazole rings is 1. The lowest BCUT2D eigenvalue weighted by molar-refractivity contribution is 0.296. The van der Waals surface area contributed by atoms with Crippen LogP contribution in [0.4, 0.5) is 5.69 Å². The zero-order chi connectivity index (χ0) is 22.6. The Bertz CT molecular complexity index is 1270. The highest BCUT2D eigenvalue weighted by Gasteiger charge is 2.20. The van der Waals surface area contributed by atoms with Gasteiger partial charge in [-0.2, -0.15) is 0 Å². The number of nitrogens with one attached hydrogen (secondary N) is 2. The van der Waals surface area contributed by atoms with E-state index in [9.17, 15) is 16.8 Å². The molecular formula is C19H21ClN4O5S2. The van der Waals surface area contributed by atoms with Crippen molar-refractivity contribution in [2.24, 2.45) is 5.14 Å². The number of aromatic amines is 1. The van der Waals surface area contributed by atoms with Gasteiger partial charge in [0.05, 0.1) is 11.4 Å². The van der Waals surface area contributed by atoms with Crippen molar-refractivity contribution in [3.8, 4) is 5.75 Å². The van der Waals surface area contributed by atoms with Crippen molar-refractivity contribution in [1.29, 1.82) is 0 Å². The maximum absolute atomic E-state index is 12.5. The maximum atomic E-state index is 12.5. The molecular weight excluding hydrogens is 464 g/mol. The number of primary sulfonamides is 1. The van der Waals surface area contributed by atoms with E-state index in [4.69, 9.17) is 21.5 Å². The van der Waals surface area contributed by atoms with Crippen LogP contribution < -0.4 is 14.6 Å². The third kappa shape index (κ3) is 6.69. The number of aromatic nitrogens is 2. The predicted octanol–water partition coefficient (Wildman–Crippen LogP) is 2.58. The summed E-state index contributed by atoms with van der Waals surface area (Å²) in [5.41, 5.74) is 1.48. The van der Waals surface area contributed by atoms with Crippen LogP contribution in [0.15, 0.2) is 53.6 Å². The first-order chi connectivity index (χ1) is 14.5. The number of ether oxygens (including phenoxy) is 1. The van der Waals surface area contributed by atoms with Gasteiger partial charge in [-0.05, 0) is 43.2 Å². The van der Waals surface area contributed by atoms with E-state index in [1.165, 1.54) is 18.2 Å². The first kappa shape index (κ1) is 23.1. The number of rotatable bonds is 9. The van der Waals surface area contributed by atoms with Gasteiger partial charge in [-0.25, -0.2) is 27.0 Å². The fourth-order valence-corrected chi connectivity index (χ4v) is 4.74. The Morgan fingerprint density at radius 2 is 1.84 bits per heavy atom. The molecule has 2 aromatic carbocycles. The fraction of sp³-hybridized carbons (Fsp3) is 0.211. The molecule has 0 aliphatic heterocycles. The van der Waals surface area contributed by atoms with E-state index in [-0.39, 0.29) is 30.2 Å². The molecule has 0 atom stereocenters. The molecule has 31 heavy (non-hydrogen) atoms. The summed E-state index contributed by atoms with van der Waals surface area (Å²) >= 11 is 5.83. The summed E-state index contributed by atoms with van der Waals surface area (Å²) in [4.78, 5) is 6.69. The lowest BCUT2D eigenvalue weighted by atomic mass is 10.2. The molecule has 4 N–H and O–H groups in total. The number of hydrogen-bond acceptors (Lipinski definition) is 6. The van der Waals surface area contributed by atoms with Crippen molar-refractivity contribution in [3.05, 3.63) is 70.8 Å². The number of sulfonamides is 2. The Labute approximate surface area is 185 Å². The van der Waals surface area contributed by atoms with Crippen LogP contribution >= 0.6 is 11.6 Å². The van der Waals surface area contributed by atoms with Gasteiger partial charge in [0.2, 0.25) is 20.0 Å². The molecule has 0 amide bonds. The third-order valence-corrected chi connectivity index (χ3v) is 6.70. The average Bonchev–Trinajstić information content (AvgIpc) is 3.11. The van der Waals surface area contributed by atoms with Crippen molar-refractivity contribution in [2.45, 2.75) is 24.8 Å².